The fraction of sp³-hybridized carbons (Fsp3) is 0.250. The van der Waals surface area contributed by atoms with Crippen molar-refractivity contribution in [2.24, 2.45) is 0 Å². The average molecular weight is 351 g/mol. The van der Waals surface area contributed by atoms with Crippen LogP contribution in [0, 0.1) is 10.1 Å². The first-order chi connectivity index (χ1) is 12.6. The van der Waals surface area contributed by atoms with E-state index in [1.165, 1.54) is 29.8 Å². The first-order valence-corrected chi connectivity index (χ1v) is 8.61. The molecule has 2 aromatic rings. The molecule has 0 spiro atoms. The van der Waals surface area contributed by atoms with Crippen molar-refractivity contribution in [2.75, 3.05) is 32.7 Å². The lowest BCUT2D eigenvalue weighted by Gasteiger charge is -2.34. The van der Waals surface area contributed by atoms with Crippen molar-refractivity contribution in [2.45, 2.75) is 0 Å². The van der Waals surface area contributed by atoms with E-state index in [0.717, 1.165) is 19.6 Å². The highest BCUT2D eigenvalue weighted by molar-refractivity contribution is 5.94. The number of hydrogen-bond acceptors (Lipinski definition) is 4. The minimum absolute atomic E-state index is 0.00317. The van der Waals surface area contributed by atoms with E-state index in [1.54, 1.807) is 4.90 Å². The van der Waals surface area contributed by atoms with Gasteiger partial charge in [-0.05, 0) is 17.7 Å². The monoisotopic (exact) mass is 351 g/mol. The smallest absolute Gasteiger partial charge is 0.269 e. The van der Waals surface area contributed by atoms with Crippen LogP contribution in [0.5, 0.6) is 0 Å². The molecular formula is C20H21N3O3. The molecule has 26 heavy (non-hydrogen) atoms. The summed E-state index contributed by atoms with van der Waals surface area (Å²) >= 11 is 0. The van der Waals surface area contributed by atoms with Crippen LogP contribution in [0.3, 0.4) is 0 Å². The van der Waals surface area contributed by atoms with Gasteiger partial charge in [0.25, 0.3) is 11.6 Å². The number of amides is 1. The second-order valence-corrected chi connectivity index (χ2v) is 6.21. The molecule has 1 amide bonds. The Kier molecular flexibility index (Phi) is 5.76. The van der Waals surface area contributed by atoms with Crippen LogP contribution in [-0.2, 0) is 0 Å². The summed E-state index contributed by atoms with van der Waals surface area (Å²) in [6.45, 7) is 3.81. The third-order valence-electron chi connectivity index (χ3n) is 4.46. The molecule has 0 radical (unpaired) electrons. The van der Waals surface area contributed by atoms with Crippen LogP contribution in [0.4, 0.5) is 5.69 Å². The number of carbonyl (C=O) groups excluding carboxylic acids is 1. The maximum Gasteiger partial charge on any atom is 0.269 e. The van der Waals surface area contributed by atoms with Crippen LogP contribution in [0.2, 0.25) is 0 Å². The number of hydrogen-bond donors (Lipinski definition) is 0. The van der Waals surface area contributed by atoms with E-state index in [9.17, 15) is 14.9 Å². The Hall–Kier alpha value is -2.99. The van der Waals surface area contributed by atoms with Gasteiger partial charge in [0.05, 0.1) is 4.92 Å². The normalized spacial score (nSPS) is 15.3. The lowest BCUT2D eigenvalue weighted by Crippen LogP contribution is -2.48. The van der Waals surface area contributed by atoms with Crippen molar-refractivity contribution in [1.29, 1.82) is 0 Å². The van der Waals surface area contributed by atoms with Crippen molar-refractivity contribution in [3.8, 4) is 0 Å². The van der Waals surface area contributed by atoms with Gasteiger partial charge in [0.15, 0.2) is 0 Å². The molecule has 0 N–H and O–H groups in total. The summed E-state index contributed by atoms with van der Waals surface area (Å²) in [5, 5.41) is 10.7. The number of piperazine rings is 1. The molecule has 1 heterocycles. The van der Waals surface area contributed by atoms with E-state index >= 15 is 0 Å². The number of rotatable bonds is 5. The Balaban J connectivity index is 1.49. The molecule has 1 aliphatic heterocycles. The number of nitrogens with zero attached hydrogens (tertiary/aromatic N) is 3. The van der Waals surface area contributed by atoms with Crippen molar-refractivity contribution < 1.29 is 9.72 Å². The van der Waals surface area contributed by atoms with E-state index in [4.69, 9.17) is 0 Å². The molecule has 6 heteroatoms. The Labute approximate surface area is 152 Å². The van der Waals surface area contributed by atoms with Gasteiger partial charge in [-0.15, -0.1) is 0 Å². The highest BCUT2D eigenvalue weighted by atomic mass is 16.6. The van der Waals surface area contributed by atoms with E-state index in [1.807, 2.05) is 18.2 Å². The van der Waals surface area contributed by atoms with Crippen LogP contribution in [0.25, 0.3) is 6.08 Å². The van der Waals surface area contributed by atoms with Gasteiger partial charge in [-0.2, -0.15) is 0 Å². The van der Waals surface area contributed by atoms with Gasteiger partial charge in [-0.3, -0.25) is 19.8 Å². The van der Waals surface area contributed by atoms with Gasteiger partial charge in [0, 0.05) is 50.4 Å². The largest absolute Gasteiger partial charge is 0.336 e. The van der Waals surface area contributed by atoms with Crippen LogP contribution in [0.15, 0.2) is 60.7 Å². The zero-order valence-corrected chi connectivity index (χ0v) is 14.5. The quantitative estimate of drug-likeness (QED) is 0.613. The lowest BCUT2D eigenvalue weighted by molar-refractivity contribution is -0.384. The van der Waals surface area contributed by atoms with Crippen LogP contribution in [-0.4, -0.2) is 53.4 Å². The first-order valence-electron chi connectivity index (χ1n) is 8.61. The molecule has 3 rings (SSSR count). The van der Waals surface area contributed by atoms with Crippen molar-refractivity contribution in [3.63, 3.8) is 0 Å². The van der Waals surface area contributed by atoms with Gasteiger partial charge >= 0.3 is 0 Å². The van der Waals surface area contributed by atoms with Crippen molar-refractivity contribution in [3.05, 3.63) is 81.9 Å². The molecule has 0 bridgehead atoms. The lowest BCUT2D eigenvalue weighted by atomic mass is 10.1. The maximum absolute atomic E-state index is 12.5. The van der Waals surface area contributed by atoms with Crippen molar-refractivity contribution in [1.82, 2.24) is 9.80 Å². The Morgan fingerprint density at radius 2 is 1.65 bits per heavy atom. The topological polar surface area (TPSA) is 66.7 Å². The molecule has 1 fully saturated rings. The van der Waals surface area contributed by atoms with Crippen LogP contribution < -0.4 is 0 Å². The molecule has 2 aromatic carbocycles. The summed E-state index contributed by atoms with van der Waals surface area (Å²) in [5.74, 6) is -0.0700. The fourth-order valence-electron chi connectivity index (χ4n) is 2.94. The maximum atomic E-state index is 12.5. The minimum atomic E-state index is -0.462. The molecule has 0 aromatic heterocycles. The summed E-state index contributed by atoms with van der Waals surface area (Å²) in [5.41, 5.74) is 1.67. The third-order valence-corrected chi connectivity index (χ3v) is 4.46. The third kappa shape index (κ3) is 4.55. The molecule has 0 unspecified atom stereocenters. The Bertz CT molecular complexity index is 780. The highest BCUT2D eigenvalue weighted by Crippen LogP contribution is 2.14. The number of benzene rings is 2. The standard InChI is InChI=1S/C20H21N3O3/c24-20(18-8-10-19(11-9-18)23(25)26)22-15-13-21(14-16-22)12-4-7-17-5-2-1-3-6-17/h1-11H,12-16H2/b7-4+. The molecule has 0 aliphatic carbocycles. The predicted octanol–water partition coefficient (Wildman–Crippen LogP) is 3.07. The van der Waals surface area contributed by atoms with Gasteiger partial charge in [-0.25, -0.2) is 0 Å². The summed E-state index contributed by atoms with van der Waals surface area (Å²) < 4.78 is 0. The Morgan fingerprint density at radius 3 is 2.27 bits per heavy atom. The van der Waals surface area contributed by atoms with Gasteiger partial charge in [0.1, 0.15) is 0 Å². The Morgan fingerprint density at radius 1 is 1.00 bits per heavy atom. The molecule has 0 atom stereocenters. The average Bonchev–Trinajstić information content (AvgIpc) is 2.69. The molecule has 6 nitrogen and oxygen atoms in total. The summed E-state index contributed by atoms with van der Waals surface area (Å²) in [4.78, 5) is 26.9. The highest BCUT2D eigenvalue weighted by Gasteiger charge is 2.21. The minimum Gasteiger partial charge on any atom is -0.336 e. The van der Waals surface area contributed by atoms with Crippen LogP contribution in [0.1, 0.15) is 15.9 Å². The molecule has 1 aliphatic rings. The van der Waals surface area contributed by atoms with E-state index in [2.05, 4.69) is 29.2 Å². The number of non-ortho nitro benzene ring substituents is 1. The second-order valence-electron chi connectivity index (χ2n) is 6.21. The number of nitro groups is 1. The zero-order chi connectivity index (χ0) is 18.4. The van der Waals surface area contributed by atoms with Crippen LogP contribution >= 0.6 is 0 Å². The molecule has 134 valence electrons. The summed E-state index contributed by atoms with van der Waals surface area (Å²) in [6, 6.07) is 16.0. The first kappa shape index (κ1) is 17.8. The van der Waals surface area contributed by atoms with Gasteiger partial charge in [-0.1, -0.05) is 42.5 Å². The van der Waals surface area contributed by atoms with Gasteiger partial charge < -0.3 is 4.90 Å². The zero-order valence-electron chi connectivity index (χ0n) is 14.5. The molecular weight excluding hydrogens is 330 g/mol. The molecule has 1 saturated heterocycles. The number of carbonyl (C=O) groups is 1. The second kappa shape index (κ2) is 8.40. The van der Waals surface area contributed by atoms with E-state index < -0.39 is 4.92 Å². The number of nitro benzene ring substituents is 1. The van der Waals surface area contributed by atoms with Gasteiger partial charge in [0.2, 0.25) is 0 Å². The van der Waals surface area contributed by atoms with E-state index in [-0.39, 0.29) is 11.6 Å². The molecule has 0 saturated carbocycles. The fourth-order valence-corrected chi connectivity index (χ4v) is 2.94. The van der Waals surface area contributed by atoms with E-state index in [0.29, 0.717) is 18.7 Å². The summed E-state index contributed by atoms with van der Waals surface area (Å²) in [6.07, 6.45) is 4.25. The van der Waals surface area contributed by atoms with Crippen molar-refractivity contribution >= 4 is 17.7 Å². The SMILES string of the molecule is O=C(c1ccc([N+](=O)[O-])cc1)N1CCN(C/C=C/c2ccccc2)CC1. The summed E-state index contributed by atoms with van der Waals surface area (Å²) in [7, 11) is 0. The predicted molar refractivity (Wildman–Crippen MR) is 101 cm³/mol.